The van der Waals surface area contributed by atoms with Gasteiger partial charge in [0.15, 0.2) is 0 Å². The minimum atomic E-state index is -3.36. The first kappa shape index (κ1) is 5.51. The first-order chi connectivity index (χ1) is 12.5. The molecule has 2 rings (SSSR count). The lowest BCUT2D eigenvalue weighted by molar-refractivity contribution is -0.0619. The Hall–Kier alpha value is -1.06. The molecule has 2 N–H and O–H groups in total. The molecule has 3 nitrogen and oxygen atoms in total. The van der Waals surface area contributed by atoms with Gasteiger partial charge in [-0.2, -0.15) is 0 Å². The van der Waals surface area contributed by atoms with E-state index in [1.807, 2.05) is 0 Å². The van der Waals surface area contributed by atoms with Gasteiger partial charge >= 0.3 is 0 Å². The van der Waals surface area contributed by atoms with E-state index in [9.17, 15) is 10.2 Å². The van der Waals surface area contributed by atoms with Crippen molar-refractivity contribution in [3.63, 3.8) is 0 Å². The quantitative estimate of drug-likeness (QED) is 0.875. The lowest BCUT2D eigenvalue weighted by Gasteiger charge is -2.41. The van der Waals surface area contributed by atoms with E-state index in [0.717, 1.165) is 6.07 Å². The van der Waals surface area contributed by atoms with E-state index >= 15 is 0 Å². The maximum absolute atomic E-state index is 11.5. The third-order valence-corrected chi connectivity index (χ3v) is 3.14. The fourth-order valence-corrected chi connectivity index (χ4v) is 2.28. The van der Waals surface area contributed by atoms with Crippen LogP contribution in [0.25, 0.3) is 0 Å². The van der Waals surface area contributed by atoms with Crippen molar-refractivity contribution >= 4 is 0 Å². The van der Waals surface area contributed by atoms with Gasteiger partial charge in [-0.05, 0) is 44.4 Å². The summed E-state index contributed by atoms with van der Waals surface area (Å²) in [6.07, 6.45) is -2.57. The molecule has 1 aromatic carbocycles. The fraction of sp³-hybridized carbons (Fsp3) is 0.600. The van der Waals surface area contributed by atoms with Gasteiger partial charge in [0.1, 0.15) is 5.75 Å². The minimum Gasteiger partial charge on any atom is -0.508 e. The molecule has 0 saturated heterocycles. The molecule has 1 aromatic rings. The number of benzene rings is 1. The van der Waals surface area contributed by atoms with Crippen LogP contribution in [0.1, 0.15) is 44.9 Å². The van der Waals surface area contributed by atoms with Gasteiger partial charge < -0.3 is 15.1 Å². The molecule has 3 heteroatoms. The predicted molar refractivity (Wildman–Crippen MR) is 72.5 cm³/mol. The first-order valence-corrected chi connectivity index (χ1v) is 5.78. The highest BCUT2D eigenvalue weighted by molar-refractivity contribution is 5.32. The zero-order valence-corrected chi connectivity index (χ0v) is 9.85. The average molecular weight is 259 g/mol. The summed E-state index contributed by atoms with van der Waals surface area (Å²) in [5, 5.41) is 21.2. The van der Waals surface area contributed by atoms with Gasteiger partial charge in [0, 0.05) is 26.1 Å². The maximum atomic E-state index is 11.5. The molecule has 0 amide bonds. The van der Waals surface area contributed by atoms with Gasteiger partial charge in [0.25, 0.3) is 0 Å². The van der Waals surface area contributed by atoms with Gasteiger partial charge in [0.05, 0.1) is 5.60 Å². The van der Waals surface area contributed by atoms with Crippen LogP contribution >= 0.6 is 0 Å². The Kier molecular flexibility index (Phi) is 1.62. The summed E-state index contributed by atoms with van der Waals surface area (Å²) in [4.78, 5) is -0.257. The van der Waals surface area contributed by atoms with Gasteiger partial charge in [-0.1, -0.05) is 25.0 Å². The smallest absolute Gasteiger partial charge is 0.115 e. The lowest BCUT2D eigenvalue weighted by atomic mass is 9.71. The highest BCUT2D eigenvalue weighted by atomic mass is 16.3. The van der Waals surface area contributed by atoms with Crippen LogP contribution in [0, 0.1) is 5.92 Å². The van der Waals surface area contributed by atoms with Crippen LogP contribution in [0.5, 0.6) is 5.75 Å². The Balaban J connectivity index is 2.72. The molecule has 1 fully saturated rings. The molecule has 0 radical (unpaired) electrons. The van der Waals surface area contributed by atoms with Crippen LogP contribution in [0.4, 0.5) is 0 Å². The lowest BCUT2D eigenvalue weighted by Crippen LogP contribution is -2.43. The number of phenols is 1. The van der Waals surface area contributed by atoms with Crippen molar-refractivity contribution in [1.82, 2.24) is 4.90 Å². The Morgan fingerprint density at radius 1 is 1.56 bits per heavy atom. The van der Waals surface area contributed by atoms with Crippen LogP contribution in [0.3, 0.4) is 0 Å². The summed E-state index contributed by atoms with van der Waals surface area (Å²) in [5.41, 5.74) is -2.72. The van der Waals surface area contributed by atoms with Crippen LogP contribution < -0.4 is 0 Å². The molecular formula is C15H23NO2. The van der Waals surface area contributed by atoms with E-state index < -0.39 is 38.3 Å². The molecule has 0 bridgehead atoms. The zero-order chi connectivity index (χ0) is 21.8. The Morgan fingerprint density at radius 2 is 2.39 bits per heavy atom. The normalized spacial score (nSPS) is 41.8. The highest BCUT2D eigenvalue weighted by Crippen LogP contribution is 2.42. The van der Waals surface area contributed by atoms with Gasteiger partial charge in [0.2, 0.25) is 0 Å². The van der Waals surface area contributed by atoms with E-state index in [1.54, 1.807) is 0 Å². The van der Waals surface area contributed by atoms with E-state index in [2.05, 4.69) is 0 Å². The highest BCUT2D eigenvalue weighted by Gasteiger charge is 2.40. The van der Waals surface area contributed by atoms with Crippen molar-refractivity contribution in [1.29, 1.82) is 0 Å². The van der Waals surface area contributed by atoms with Crippen LogP contribution in [-0.4, -0.2) is 35.6 Å². The molecule has 1 aliphatic rings. The Labute approximate surface area is 123 Å². The predicted octanol–water partition coefficient (Wildman–Crippen LogP) is 2.33. The molecule has 18 heavy (non-hydrogen) atoms. The molecule has 0 spiro atoms. The monoisotopic (exact) mass is 259 g/mol. The van der Waals surface area contributed by atoms with E-state index in [4.69, 9.17) is 13.7 Å². The van der Waals surface area contributed by atoms with Crippen molar-refractivity contribution in [2.45, 2.75) is 31.2 Å². The summed E-state index contributed by atoms with van der Waals surface area (Å²) < 4.78 is 78.6. The number of aliphatic hydroxyl groups is 1. The van der Waals surface area contributed by atoms with Crippen molar-refractivity contribution < 1.29 is 23.9 Å². The molecule has 1 aliphatic carbocycles. The maximum Gasteiger partial charge on any atom is 0.115 e. The number of hydrogen-bond acceptors (Lipinski definition) is 3. The van der Waals surface area contributed by atoms with Gasteiger partial charge in [-0.3, -0.25) is 0 Å². The second kappa shape index (κ2) is 5.29. The molecule has 100 valence electrons. The Bertz CT molecular complexity index is 704. The van der Waals surface area contributed by atoms with Gasteiger partial charge in [-0.25, -0.2) is 0 Å². The van der Waals surface area contributed by atoms with Crippen LogP contribution in [0.2, 0.25) is 0 Å². The van der Waals surface area contributed by atoms with Crippen molar-refractivity contribution in [2.75, 3.05) is 20.4 Å². The van der Waals surface area contributed by atoms with Crippen molar-refractivity contribution in [3.05, 3.63) is 29.8 Å². The number of nitrogens with zero attached hydrogens (tertiary/aromatic N) is 1. The fourth-order valence-electron chi connectivity index (χ4n) is 2.28. The van der Waals surface area contributed by atoms with Crippen LogP contribution in [0.15, 0.2) is 24.3 Å². The summed E-state index contributed by atoms with van der Waals surface area (Å²) in [7, 11) is 0. The summed E-state index contributed by atoms with van der Waals surface area (Å²) >= 11 is 0. The van der Waals surface area contributed by atoms with Crippen molar-refractivity contribution in [2.24, 2.45) is 5.92 Å². The molecule has 0 aromatic heterocycles. The van der Waals surface area contributed by atoms with Crippen molar-refractivity contribution in [3.8, 4) is 5.75 Å². The SMILES string of the molecule is [2H]C([2H])([2H])N(C([2H])([2H])[2H])C([2H])([2H])[C@@H]1CCCC([2H])([2H])[C@@]1(O)c1cccc(O)c1. The van der Waals surface area contributed by atoms with E-state index in [-0.39, 0.29) is 35.5 Å². The third-order valence-electron chi connectivity index (χ3n) is 3.14. The number of rotatable bonds is 3. The summed E-state index contributed by atoms with van der Waals surface area (Å²) in [6.45, 7) is -9.85. The van der Waals surface area contributed by atoms with Gasteiger partial charge in [-0.15, -0.1) is 0 Å². The molecule has 2 atom stereocenters. The average Bonchev–Trinajstić information content (AvgIpc) is 2.46. The summed E-state index contributed by atoms with van der Waals surface area (Å²) in [5.74, 6) is -2.03. The second-order valence-corrected chi connectivity index (χ2v) is 4.40. The number of phenolic OH excluding ortho intramolecular Hbond substituents is 1. The zero-order valence-electron chi connectivity index (χ0n) is 19.8. The van der Waals surface area contributed by atoms with Crippen LogP contribution in [-0.2, 0) is 5.60 Å². The standard InChI is InChI=1S/C15H23NO2/c1-16(2)11-13-6-3-4-9-15(13,18)12-7-5-8-14(17)10-12/h5,7-8,10,13,17-18H,3-4,6,9,11H2,1-2H3/t13-,15+/m0/s1/i1D3,2D3,9D2,11D2. The first-order valence-electron chi connectivity index (χ1n) is 10.8. The molecule has 0 heterocycles. The molecule has 0 aliphatic heterocycles. The third kappa shape index (κ3) is 2.68. The van der Waals surface area contributed by atoms with E-state index in [0.29, 0.717) is 0 Å². The van der Waals surface area contributed by atoms with E-state index in [1.165, 1.54) is 18.2 Å². The Morgan fingerprint density at radius 3 is 3.11 bits per heavy atom. The molecular weight excluding hydrogens is 226 g/mol. The number of aromatic hydroxyl groups is 1. The topological polar surface area (TPSA) is 43.7 Å². The summed E-state index contributed by atoms with van der Waals surface area (Å²) in [6, 6.07) is 4.99. The molecule has 0 unspecified atom stereocenters. The second-order valence-electron chi connectivity index (χ2n) is 4.40. The largest absolute Gasteiger partial charge is 0.508 e. The number of hydrogen-bond donors (Lipinski definition) is 2. The minimum absolute atomic E-state index is 0.119. The molecule has 1 saturated carbocycles.